The van der Waals surface area contributed by atoms with E-state index in [2.05, 4.69) is 51.0 Å². The molecule has 21 heteroatoms. The van der Waals surface area contributed by atoms with Crippen molar-refractivity contribution in [2.75, 3.05) is 0 Å². The van der Waals surface area contributed by atoms with Gasteiger partial charge in [-0.2, -0.15) is 13.1 Å². The summed E-state index contributed by atoms with van der Waals surface area (Å²) in [5.74, 6) is -5.98. The summed E-state index contributed by atoms with van der Waals surface area (Å²) in [4.78, 5) is 30.5. The van der Waals surface area contributed by atoms with Crippen molar-refractivity contribution >= 4 is 90.4 Å². The van der Waals surface area contributed by atoms with Crippen LogP contribution in [0.15, 0.2) is 12.6 Å². The maximum absolute atomic E-state index is 10.2. The van der Waals surface area contributed by atoms with Crippen molar-refractivity contribution in [3.8, 4) is 17.6 Å². The van der Waals surface area contributed by atoms with Crippen molar-refractivity contribution < 1.29 is 134 Å². The number of thiol groups is 3. The van der Waals surface area contributed by atoms with Crippen molar-refractivity contribution in [3.05, 3.63) is 16.7 Å². The smallest absolute Gasteiger partial charge is 0.545 e. The number of hydrogen-bond acceptors (Lipinski definition) is 18. The van der Waals surface area contributed by atoms with E-state index in [9.17, 15) is 29.7 Å². The van der Waals surface area contributed by atoms with Gasteiger partial charge >= 0.3 is 88.7 Å². The Kier molecular flexibility index (Phi) is 21.0. The topological polar surface area (TPSA) is 220 Å². The van der Waals surface area contributed by atoms with Crippen LogP contribution in [0.1, 0.15) is 31.1 Å². The van der Waals surface area contributed by atoms with Gasteiger partial charge in [-0.15, -0.1) is 37.9 Å². The average Bonchev–Trinajstić information content (AvgIpc) is 3.26. The van der Waals surface area contributed by atoms with Crippen LogP contribution in [0.25, 0.3) is 0 Å². The summed E-state index contributed by atoms with van der Waals surface area (Å²) >= 11 is 13.6. The predicted molar refractivity (Wildman–Crippen MR) is 106 cm³/mol. The number of nitrogens with zero attached hydrogens (tertiary/aromatic N) is 3. The fourth-order valence-corrected chi connectivity index (χ4v) is 3.89. The molecule has 3 N–H and O–H groups in total. The molecule has 12 nitrogen and oxygen atoms in total. The fourth-order valence-electron chi connectivity index (χ4n) is 1.36. The number of carboxylic acids is 3. The Morgan fingerprint density at radius 1 is 0.576 bits per heavy atom. The Balaban J connectivity index is -0.000000391. The second-order valence-corrected chi connectivity index (χ2v) is 8.99. The van der Waals surface area contributed by atoms with Gasteiger partial charge in [0.15, 0.2) is 0 Å². The largest absolute Gasteiger partial charge is 1.00 e. The van der Waals surface area contributed by atoms with E-state index in [-0.39, 0.29) is 118 Å². The standard InChI is InChI=1S/3C4H3NO3S2.3Na/c3*6-2-1(3(7)8)4(9)10-5-2;;;/h3*9H,(H,5,6)(H,7,8);;;/q;;;3*+1/p-3. The van der Waals surface area contributed by atoms with Crippen LogP contribution in [-0.4, -0.2) is 46.3 Å². The molecule has 0 aliphatic heterocycles. The molecule has 3 rings (SSSR count). The summed E-state index contributed by atoms with van der Waals surface area (Å²) in [6, 6.07) is 0. The van der Waals surface area contributed by atoms with Crippen LogP contribution < -0.4 is 104 Å². The minimum Gasteiger partial charge on any atom is -0.545 e. The van der Waals surface area contributed by atoms with Crippen LogP contribution in [0.5, 0.6) is 17.6 Å². The van der Waals surface area contributed by atoms with E-state index in [1.807, 2.05) is 0 Å². The molecule has 0 saturated carbocycles. The van der Waals surface area contributed by atoms with Gasteiger partial charge in [0.1, 0.15) is 0 Å². The Labute approximate surface area is 280 Å². The van der Waals surface area contributed by atoms with E-state index < -0.39 is 35.5 Å². The van der Waals surface area contributed by atoms with Gasteiger partial charge in [-0.1, -0.05) is 0 Å². The molecule has 0 unspecified atom stereocenters. The monoisotopic (exact) mass is 597 g/mol. The van der Waals surface area contributed by atoms with E-state index >= 15 is 0 Å². The first-order valence-electron chi connectivity index (χ1n) is 6.65. The molecule has 3 aromatic rings. The first-order chi connectivity index (χ1) is 13.9. The van der Waals surface area contributed by atoms with Crippen LogP contribution in [0.3, 0.4) is 0 Å². The van der Waals surface area contributed by atoms with Crippen LogP contribution in [-0.2, 0) is 0 Å². The SMILES string of the molecule is O=C([O-])c1c(O)nsc1S.O=C([O-])c1c(O)nsc1S.O=C([O-])c1c(O)nsc1S.[Na+].[Na+].[Na+]. The number of carbonyl (C=O) groups is 3. The molecule has 0 aliphatic rings. The number of rotatable bonds is 3. The predicted octanol–water partition coefficient (Wildman–Crippen LogP) is -10.5. The normalized spacial score (nSPS) is 8.82. The van der Waals surface area contributed by atoms with Crippen molar-refractivity contribution in [3.63, 3.8) is 0 Å². The summed E-state index contributed by atoms with van der Waals surface area (Å²) < 4.78 is 10.5. The first-order valence-corrected chi connectivity index (χ1v) is 10.3. The second kappa shape index (κ2) is 18.1. The third-order valence-corrected chi connectivity index (χ3v) is 5.91. The van der Waals surface area contributed by atoms with Gasteiger partial charge in [-0.05, 0) is 34.6 Å². The maximum atomic E-state index is 10.2. The summed E-state index contributed by atoms with van der Waals surface area (Å²) in [7, 11) is 0. The van der Waals surface area contributed by atoms with Gasteiger partial charge in [-0.25, -0.2) is 0 Å². The zero-order valence-corrected chi connectivity index (χ0v) is 27.8. The number of carbonyl (C=O) groups excluding carboxylic acids is 3. The van der Waals surface area contributed by atoms with Gasteiger partial charge in [-0.3, -0.25) is 0 Å². The molecule has 0 atom stereocenters. The van der Waals surface area contributed by atoms with Crippen LogP contribution in [0.2, 0.25) is 0 Å². The minimum atomic E-state index is -1.46. The van der Waals surface area contributed by atoms with Gasteiger partial charge < -0.3 is 45.0 Å². The first kappa shape index (κ1) is 38.3. The fraction of sp³-hybridized carbons (Fsp3) is 0. The van der Waals surface area contributed by atoms with E-state index in [1.165, 1.54) is 0 Å². The number of aromatic carboxylic acids is 3. The Hall–Kier alpha value is 0.750. The molecule has 0 saturated heterocycles. The molecule has 3 aromatic heterocycles. The van der Waals surface area contributed by atoms with Crippen molar-refractivity contribution in [2.45, 2.75) is 12.6 Å². The zero-order chi connectivity index (χ0) is 23.2. The van der Waals surface area contributed by atoms with Crippen molar-refractivity contribution in [1.29, 1.82) is 0 Å². The van der Waals surface area contributed by atoms with E-state index in [0.29, 0.717) is 0 Å². The van der Waals surface area contributed by atoms with Crippen LogP contribution in [0.4, 0.5) is 0 Å². The molecule has 0 spiro atoms. The molecule has 0 radical (unpaired) electrons. The molecule has 0 aliphatic carbocycles. The third-order valence-electron chi connectivity index (χ3n) is 2.58. The van der Waals surface area contributed by atoms with E-state index in [0.717, 1.165) is 34.6 Å². The Bertz CT molecular complexity index is 898. The van der Waals surface area contributed by atoms with Gasteiger partial charge in [0.05, 0.1) is 47.2 Å². The number of aromatic nitrogens is 3. The van der Waals surface area contributed by atoms with E-state index in [4.69, 9.17) is 15.3 Å². The van der Waals surface area contributed by atoms with Gasteiger partial charge in [0.2, 0.25) is 17.6 Å². The van der Waals surface area contributed by atoms with Crippen molar-refractivity contribution in [1.82, 2.24) is 13.1 Å². The van der Waals surface area contributed by atoms with Gasteiger partial charge in [0, 0.05) is 0 Å². The van der Waals surface area contributed by atoms with Crippen LogP contribution >= 0.6 is 72.5 Å². The number of hydrogen-bond donors (Lipinski definition) is 6. The number of carboxylic acid groups (broad SMARTS) is 3. The quantitative estimate of drug-likeness (QED) is 0.122. The summed E-state index contributed by atoms with van der Waals surface area (Å²) in [6.45, 7) is 0. The molecule has 0 fully saturated rings. The van der Waals surface area contributed by atoms with Crippen molar-refractivity contribution in [2.24, 2.45) is 0 Å². The molecule has 0 aromatic carbocycles. The molecule has 0 bridgehead atoms. The molecular weight excluding hydrogens is 592 g/mol. The maximum Gasteiger partial charge on any atom is 1.00 e. The van der Waals surface area contributed by atoms with Crippen LogP contribution in [0, 0.1) is 0 Å². The molecular formula is C12H6N3Na3O9S6. The average molecular weight is 598 g/mol. The second-order valence-electron chi connectivity index (χ2n) is 4.42. The third kappa shape index (κ3) is 11.6. The zero-order valence-electron chi connectivity index (χ0n) is 16.7. The molecule has 33 heavy (non-hydrogen) atoms. The number of aromatic hydroxyl groups is 3. The minimum absolute atomic E-state index is 0. The van der Waals surface area contributed by atoms with E-state index in [1.54, 1.807) is 0 Å². The molecule has 3 heterocycles. The molecule has 162 valence electrons. The Morgan fingerprint density at radius 3 is 0.818 bits per heavy atom. The molecule has 0 amide bonds. The Morgan fingerprint density at radius 2 is 0.758 bits per heavy atom. The van der Waals surface area contributed by atoms with Gasteiger partial charge in [0.25, 0.3) is 0 Å². The summed E-state index contributed by atoms with van der Waals surface area (Å²) in [5, 5.41) is 56.6. The summed E-state index contributed by atoms with van der Waals surface area (Å²) in [6.07, 6.45) is 0. The summed E-state index contributed by atoms with van der Waals surface area (Å²) in [5.41, 5.74) is -1.02.